The minimum atomic E-state index is -0.110. The number of carbonyl (C=O) groups excluding carboxylic acids is 1. The second-order valence-corrected chi connectivity index (χ2v) is 6.09. The van der Waals surface area contributed by atoms with Gasteiger partial charge in [-0.3, -0.25) is 4.79 Å². The standard InChI is InChI=1S/C20H19N3O2/c1-14-17(13-21-23(14)15-7-3-2-4-8-15)20(24)22-18-11-12-25-19-10-6-5-9-16(18)19/h2-10,13,18H,11-12H2,1H3,(H,22,24). The summed E-state index contributed by atoms with van der Waals surface area (Å²) in [5.41, 5.74) is 3.38. The van der Waals surface area contributed by atoms with Gasteiger partial charge in [0.15, 0.2) is 0 Å². The fourth-order valence-electron chi connectivity index (χ4n) is 3.19. The van der Waals surface area contributed by atoms with Crippen molar-refractivity contribution in [2.24, 2.45) is 0 Å². The van der Waals surface area contributed by atoms with Crippen LogP contribution in [-0.2, 0) is 0 Å². The molecule has 0 spiro atoms. The molecule has 1 atom stereocenters. The summed E-state index contributed by atoms with van der Waals surface area (Å²) in [7, 11) is 0. The number of hydrogen-bond acceptors (Lipinski definition) is 3. The van der Waals surface area contributed by atoms with Gasteiger partial charge in [-0.1, -0.05) is 36.4 Å². The zero-order chi connectivity index (χ0) is 17.2. The highest BCUT2D eigenvalue weighted by Crippen LogP contribution is 2.31. The molecule has 1 N–H and O–H groups in total. The van der Waals surface area contributed by atoms with Crippen LogP contribution in [0.4, 0.5) is 0 Å². The van der Waals surface area contributed by atoms with Crippen molar-refractivity contribution in [2.75, 3.05) is 6.61 Å². The molecule has 1 aliphatic rings. The van der Waals surface area contributed by atoms with Crippen molar-refractivity contribution in [1.82, 2.24) is 15.1 Å². The van der Waals surface area contributed by atoms with Crippen molar-refractivity contribution in [3.63, 3.8) is 0 Å². The molecule has 0 saturated heterocycles. The van der Waals surface area contributed by atoms with Crippen molar-refractivity contribution in [2.45, 2.75) is 19.4 Å². The van der Waals surface area contributed by atoms with Gasteiger partial charge in [-0.2, -0.15) is 5.10 Å². The Morgan fingerprint density at radius 2 is 1.92 bits per heavy atom. The van der Waals surface area contributed by atoms with Gasteiger partial charge in [-0.25, -0.2) is 4.68 Å². The first kappa shape index (κ1) is 15.4. The van der Waals surface area contributed by atoms with Crippen LogP contribution in [-0.4, -0.2) is 22.3 Å². The summed E-state index contributed by atoms with van der Waals surface area (Å²) in [6, 6.07) is 17.6. The van der Waals surface area contributed by atoms with E-state index in [1.54, 1.807) is 10.9 Å². The zero-order valence-electron chi connectivity index (χ0n) is 14.0. The van der Waals surface area contributed by atoms with Crippen molar-refractivity contribution >= 4 is 5.91 Å². The fourth-order valence-corrected chi connectivity index (χ4v) is 3.19. The topological polar surface area (TPSA) is 56.1 Å². The minimum absolute atomic E-state index is 0.0445. The molecule has 0 bridgehead atoms. The maximum Gasteiger partial charge on any atom is 0.255 e. The van der Waals surface area contributed by atoms with Crippen LogP contribution in [0, 0.1) is 6.92 Å². The van der Waals surface area contributed by atoms with Gasteiger partial charge >= 0.3 is 0 Å². The Labute approximate surface area is 146 Å². The summed E-state index contributed by atoms with van der Waals surface area (Å²) in [5, 5.41) is 7.50. The predicted molar refractivity (Wildman–Crippen MR) is 95.1 cm³/mol. The summed E-state index contributed by atoms with van der Waals surface area (Å²) in [6.45, 7) is 2.51. The lowest BCUT2D eigenvalue weighted by atomic mass is 10.0. The second-order valence-electron chi connectivity index (χ2n) is 6.09. The third kappa shape index (κ3) is 2.89. The molecular formula is C20H19N3O2. The number of nitrogens with one attached hydrogen (secondary N) is 1. The molecule has 5 nitrogen and oxygen atoms in total. The zero-order valence-corrected chi connectivity index (χ0v) is 14.0. The van der Waals surface area contributed by atoms with E-state index >= 15 is 0 Å². The number of hydrogen-bond donors (Lipinski definition) is 1. The highest BCUT2D eigenvalue weighted by molar-refractivity contribution is 5.95. The fraction of sp³-hybridized carbons (Fsp3) is 0.200. The van der Waals surface area contributed by atoms with Gasteiger partial charge in [0.25, 0.3) is 5.91 Å². The molecule has 0 radical (unpaired) electrons. The number of aromatic nitrogens is 2. The lowest BCUT2D eigenvalue weighted by molar-refractivity contribution is 0.0924. The number of fused-ring (bicyclic) bond motifs is 1. The van der Waals surface area contributed by atoms with E-state index in [1.807, 2.05) is 61.5 Å². The molecule has 126 valence electrons. The summed E-state index contributed by atoms with van der Waals surface area (Å²) in [4.78, 5) is 12.8. The molecular weight excluding hydrogens is 314 g/mol. The number of para-hydroxylation sites is 2. The van der Waals surface area contributed by atoms with E-state index in [0.29, 0.717) is 12.2 Å². The Bertz CT molecular complexity index is 902. The van der Waals surface area contributed by atoms with Crippen LogP contribution < -0.4 is 10.1 Å². The maximum absolute atomic E-state index is 12.8. The average molecular weight is 333 g/mol. The van der Waals surface area contributed by atoms with E-state index < -0.39 is 0 Å². The largest absolute Gasteiger partial charge is 0.493 e. The first-order valence-electron chi connectivity index (χ1n) is 8.36. The maximum atomic E-state index is 12.8. The molecule has 0 saturated carbocycles. The molecule has 0 fully saturated rings. The van der Waals surface area contributed by atoms with Crippen LogP contribution >= 0.6 is 0 Å². The molecule has 1 aliphatic heterocycles. The first-order valence-corrected chi connectivity index (χ1v) is 8.36. The average Bonchev–Trinajstić information content (AvgIpc) is 3.04. The SMILES string of the molecule is Cc1c(C(=O)NC2CCOc3ccccc32)cnn1-c1ccccc1. The monoisotopic (exact) mass is 333 g/mol. The molecule has 4 rings (SSSR count). The predicted octanol–water partition coefficient (Wildman–Crippen LogP) is 3.43. The number of carbonyl (C=O) groups is 1. The number of ether oxygens (including phenoxy) is 1. The summed E-state index contributed by atoms with van der Waals surface area (Å²) >= 11 is 0. The lowest BCUT2D eigenvalue weighted by Crippen LogP contribution is -2.32. The van der Waals surface area contributed by atoms with Crippen LogP contribution in [0.2, 0.25) is 0 Å². The molecule has 25 heavy (non-hydrogen) atoms. The van der Waals surface area contributed by atoms with Gasteiger partial charge in [-0.05, 0) is 25.1 Å². The Morgan fingerprint density at radius 1 is 1.16 bits per heavy atom. The van der Waals surface area contributed by atoms with E-state index in [-0.39, 0.29) is 11.9 Å². The van der Waals surface area contributed by atoms with Gasteiger partial charge in [-0.15, -0.1) is 0 Å². The van der Waals surface area contributed by atoms with Crippen molar-refractivity contribution in [1.29, 1.82) is 0 Å². The molecule has 2 aromatic carbocycles. The quantitative estimate of drug-likeness (QED) is 0.799. The van der Waals surface area contributed by atoms with Crippen molar-refractivity contribution in [3.05, 3.63) is 77.6 Å². The summed E-state index contributed by atoms with van der Waals surface area (Å²) in [6.07, 6.45) is 2.39. The van der Waals surface area contributed by atoms with Crippen molar-refractivity contribution in [3.8, 4) is 11.4 Å². The highest BCUT2D eigenvalue weighted by atomic mass is 16.5. The van der Waals surface area contributed by atoms with E-state index in [2.05, 4.69) is 10.4 Å². The van der Waals surface area contributed by atoms with E-state index in [0.717, 1.165) is 29.1 Å². The number of nitrogens with zero attached hydrogens (tertiary/aromatic N) is 2. The molecule has 5 heteroatoms. The highest BCUT2D eigenvalue weighted by Gasteiger charge is 2.24. The molecule has 1 unspecified atom stereocenters. The van der Waals surface area contributed by atoms with E-state index in [9.17, 15) is 4.79 Å². The van der Waals surface area contributed by atoms with E-state index in [1.165, 1.54) is 0 Å². The van der Waals surface area contributed by atoms with E-state index in [4.69, 9.17) is 4.74 Å². The molecule has 1 amide bonds. The number of rotatable bonds is 3. The van der Waals surface area contributed by atoms with Gasteiger partial charge in [0.05, 0.1) is 35.8 Å². The van der Waals surface area contributed by atoms with Crippen LogP contribution in [0.3, 0.4) is 0 Å². The third-order valence-electron chi connectivity index (χ3n) is 4.52. The summed E-state index contributed by atoms with van der Waals surface area (Å²) in [5.74, 6) is 0.733. The molecule has 1 aromatic heterocycles. The van der Waals surface area contributed by atoms with Gasteiger partial charge in [0.2, 0.25) is 0 Å². The smallest absolute Gasteiger partial charge is 0.255 e. The van der Waals surface area contributed by atoms with Crippen LogP contribution in [0.5, 0.6) is 5.75 Å². The molecule has 0 aliphatic carbocycles. The molecule has 3 aromatic rings. The van der Waals surface area contributed by atoms with Gasteiger partial charge in [0, 0.05) is 12.0 Å². The van der Waals surface area contributed by atoms with Gasteiger partial charge in [0.1, 0.15) is 5.75 Å². The number of benzene rings is 2. The Balaban J connectivity index is 1.58. The Hall–Kier alpha value is -3.08. The van der Waals surface area contributed by atoms with Crippen molar-refractivity contribution < 1.29 is 9.53 Å². The van der Waals surface area contributed by atoms with Crippen LogP contribution in [0.25, 0.3) is 5.69 Å². The van der Waals surface area contributed by atoms with Gasteiger partial charge < -0.3 is 10.1 Å². The minimum Gasteiger partial charge on any atom is -0.493 e. The second kappa shape index (κ2) is 6.43. The number of amides is 1. The Morgan fingerprint density at radius 3 is 2.76 bits per heavy atom. The molecule has 2 heterocycles. The van der Waals surface area contributed by atoms with Crippen LogP contribution in [0.1, 0.15) is 34.1 Å². The first-order chi connectivity index (χ1) is 12.2. The van der Waals surface area contributed by atoms with Crippen LogP contribution in [0.15, 0.2) is 60.8 Å². The third-order valence-corrected chi connectivity index (χ3v) is 4.52. The summed E-state index contributed by atoms with van der Waals surface area (Å²) < 4.78 is 7.44. The lowest BCUT2D eigenvalue weighted by Gasteiger charge is -2.26. The Kier molecular flexibility index (Phi) is 3.98. The normalized spacial score (nSPS) is 16.0.